The predicted octanol–water partition coefficient (Wildman–Crippen LogP) is 2.93. The molecule has 148 valence electrons. The molecule has 0 aromatic heterocycles. The third-order valence-corrected chi connectivity index (χ3v) is 4.16. The zero-order valence-corrected chi connectivity index (χ0v) is 14.8. The van der Waals surface area contributed by atoms with Gasteiger partial charge in [-0.05, 0) is 18.2 Å². The molecule has 1 aliphatic heterocycles. The van der Waals surface area contributed by atoms with E-state index < -0.39 is 52.1 Å². The van der Waals surface area contributed by atoms with Gasteiger partial charge in [0.15, 0.2) is 11.5 Å². The summed E-state index contributed by atoms with van der Waals surface area (Å²) >= 11 is 0. The second-order valence-corrected chi connectivity index (χ2v) is 5.93. The minimum absolute atomic E-state index is 0.0240. The molecular formula is C20H12F3NO5. The van der Waals surface area contributed by atoms with Crippen LogP contribution in [0, 0.1) is 0 Å². The number of alkyl halides is 3. The number of carbonyl (C=O) groups excluding carboxylic acids is 4. The van der Waals surface area contributed by atoms with Crippen molar-refractivity contribution in [2.75, 3.05) is 12.0 Å². The van der Waals surface area contributed by atoms with Crippen LogP contribution in [0.3, 0.4) is 0 Å². The highest BCUT2D eigenvalue weighted by molar-refractivity contribution is 6.59. The standard InChI is InChI=1S/C20H12F3NO5/c1-29-19(28)15-14(16(25)11-6-3-2-4-7-11)17(26)18(27)24(15)13-9-5-8-12(10-13)20(21,22)23/h2-10H,1H3. The van der Waals surface area contributed by atoms with Crippen LogP contribution in [-0.4, -0.2) is 30.6 Å². The molecule has 0 unspecified atom stereocenters. The molecule has 0 fully saturated rings. The van der Waals surface area contributed by atoms with Crippen molar-refractivity contribution in [2.45, 2.75) is 6.18 Å². The van der Waals surface area contributed by atoms with Crippen LogP contribution in [-0.2, 0) is 25.3 Å². The number of esters is 1. The van der Waals surface area contributed by atoms with Gasteiger partial charge in [0.2, 0.25) is 0 Å². The lowest BCUT2D eigenvalue weighted by Crippen LogP contribution is -2.32. The van der Waals surface area contributed by atoms with Crippen molar-refractivity contribution in [3.8, 4) is 0 Å². The summed E-state index contributed by atoms with van der Waals surface area (Å²) in [6, 6.07) is 10.9. The van der Waals surface area contributed by atoms with Gasteiger partial charge in [-0.25, -0.2) is 4.79 Å². The quantitative estimate of drug-likeness (QED) is 0.339. The normalized spacial score (nSPS) is 14.4. The molecule has 0 N–H and O–H groups in total. The van der Waals surface area contributed by atoms with Gasteiger partial charge in [-0.1, -0.05) is 36.4 Å². The molecule has 0 saturated carbocycles. The fourth-order valence-electron chi connectivity index (χ4n) is 2.83. The molecule has 0 atom stereocenters. The SMILES string of the molecule is COC(=O)C1=C(C(=O)c2ccccc2)C(=O)C(=O)N1c1cccc(C(F)(F)F)c1. The number of carbonyl (C=O) groups is 4. The number of hydrogen-bond donors (Lipinski definition) is 0. The molecule has 2 aromatic rings. The van der Waals surface area contributed by atoms with E-state index in [2.05, 4.69) is 4.74 Å². The maximum absolute atomic E-state index is 13.0. The number of Topliss-reactive ketones (excluding diaryl/α,β-unsaturated/α-hetero) is 2. The van der Waals surface area contributed by atoms with Crippen molar-refractivity contribution in [2.24, 2.45) is 0 Å². The van der Waals surface area contributed by atoms with Crippen LogP contribution in [0.25, 0.3) is 0 Å². The largest absolute Gasteiger partial charge is 0.464 e. The van der Waals surface area contributed by atoms with E-state index in [0.29, 0.717) is 11.0 Å². The van der Waals surface area contributed by atoms with E-state index in [9.17, 15) is 32.3 Å². The Morgan fingerprint density at radius 3 is 2.21 bits per heavy atom. The Kier molecular flexibility index (Phi) is 5.06. The third kappa shape index (κ3) is 3.54. The molecule has 6 nitrogen and oxygen atoms in total. The lowest BCUT2D eigenvalue weighted by Gasteiger charge is -2.19. The monoisotopic (exact) mass is 403 g/mol. The number of ether oxygens (including phenoxy) is 1. The number of ketones is 2. The molecule has 0 radical (unpaired) electrons. The second-order valence-electron chi connectivity index (χ2n) is 5.93. The summed E-state index contributed by atoms with van der Waals surface area (Å²) in [5.74, 6) is -4.76. The van der Waals surface area contributed by atoms with Gasteiger partial charge >= 0.3 is 18.1 Å². The summed E-state index contributed by atoms with van der Waals surface area (Å²) in [6.45, 7) is 0. The molecule has 1 aliphatic rings. The van der Waals surface area contributed by atoms with Gasteiger partial charge in [0.1, 0.15) is 5.57 Å². The highest BCUT2D eigenvalue weighted by atomic mass is 19.4. The van der Waals surface area contributed by atoms with Crippen molar-refractivity contribution in [1.29, 1.82) is 0 Å². The molecule has 0 bridgehead atoms. The van der Waals surface area contributed by atoms with Crippen molar-refractivity contribution in [3.05, 3.63) is 77.0 Å². The molecule has 2 aromatic carbocycles. The van der Waals surface area contributed by atoms with E-state index in [0.717, 1.165) is 25.3 Å². The number of benzene rings is 2. The Hall–Kier alpha value is -3.75. The number of rotatable bonds is 4. The van der Waals surface area contributed by atoms with E-state index in [4.69, 9.17) is 0 Å². The first kappa shape index (κ1) is 20.0. The average molecular weight is 403 g/mol. The Morgan fingerprint density at radius 2 is 1.62 bits per heavy atom. The zero-order chi connectivity index (χ0) is 21.3. The highest BCUT2D eigenvalue weighted by Crippen LogP contribution is 2.35. The van der Waals surface area contributed by atoms with E-state index >= 15 is 0 Å². The maximum Gasteiger partial charge on any atom is 0.416 e. The average Bonchev–Trinajstić information content (AvgIpc) is 2.98. The first-order valence-corrected chi connectivity index (χ1v) is 8.15. The van der Waals surface area contributed by atoms with E-state index in [-0.39, 0.29) is 5.56 Å². The first-order chi connectivity index (χ1) is 13.7. The molecule has 1 heterocycles. The first-order valence-electron chi connectivity index (χ1n) is 8.15. The van der Waals surface area contributed by atoms with Gasteiger partial charge in [-0.15, -0.1) is 0 Å². The molecule has 9 heteroatoms. The summed E-state index contributed by atoms with van der Waals surface area (Å²) in [5, 5.41) is 0. The van der Waals surface area contributed by atoms with Gasteiger partial charge < -0.3 is 4.74 Å². The summed E-state index contributed by atoms with van der Waals surface area (Å²) in [4.78, 5) is 50.6. The number of methoxy groups -OCH3 is 1. The topological polar surface area (TPSA) is 80.8 Å². The van der Waals surface area contributed by atoms with Crippen LogP contribution in [0.5, 0.6) is 0 Å². The number of nitrogens with zero attached hydrogens (tertiary/aromatic N) is 1. The molecular weight excluding hydrogens is 391 g/mol. The smallest absolute Gasteiger partial charge is 0.416 e. The summed E-state index contributed by atoms with van der Waals surface area (Å²) in [7, 11) is 0.956. The summed E-state index contributed by atoms with van der Waals surface area (Å²) in [6.07, 6.45) is -4.72. The van der Waals surface area contributed by atoms with Gasteiger partial charge in [0.05, 0.1) is 18.4 Å². The maximum atomic E-state index is 13.0. The minimum Gasteiger partial charge on any atom is -0.464 e. The second kappa shape index (κ2) is 7.34. The van der Waals surface area contributed by atoms with E-state index in [1.807, 2.05) is 0 Å². The Bertz CT molecular complexity index is 1060. The lowest BCUT2D eigenvalue weighted by molar-refractivity contribution is -0.137. The molecule has 0 spiro atoms. The van der Waals surface area contributed by atoms with Crippen LogP contribution in [0.2, 0.25) is 0 Å². The Morgan fingerprint density at radius 1 is 0.966 bits per heavy atom. The number of anilines is 1. The van der Waals surface area contributed by atoms with Gasteiger partial charge in [0.25, 0.3) is 5.78 Å². The van der Waals surface area contributed by atoms with Crippen LogP contribution in [0.4, 0.5) is 18.9 Å². The van der Waals surface area contributed by atoms with Gasteiger partial charge in [-0.3, -0.25) is 19.3 Å². The van der Waals surface area contributed by atoms with Crippen LogP contribution in [0.15, 0.2) is 65.9 Å². The number of amides is 1. The minimum atomic E-state index is -4.72. The molecule has 1 amide bonds. The zero-order valence-electron chi connectivity index (χ0n) is 14.8. The highest BCUT2D eigenvalue weighted by Gasteiger charge is 2.46. The van der Waals surface area contributed by atoms with Gasteiger partial charge in [-0.2, -0.15) is 13.2 Å². The van der Waals surface area contributed by atoms with Crippen molar-refractivity contribution >= 4 is 29.1 Å². The van der Waals surface area contributed by atoms with Crippen LogP contribution < -0.4 is 4.90 Å². The van der Waals surface area contributed by atoms with E-state index in [1.54, 1.807) is 6.07 Å². The Balaban J connectivity index is 2.21. The van der Waals surface area contributed by atoms with E-state index in [1.165, 1.54) is 24.3 Å². The number of halogens is 3. The van der Waals surface area contributed by atoms with Crippen molar-refractivity contribution in [1.82, 2.24) is 0 Å². The third-order valence-electron chi connectivity index (χ3n) is 4.16. The van der Waals surface area contributed by atoms with Gasteiger partial charge in [0, 0.05) is 5.56 Å². The molecule has 29 heavy (non-hydrogen) atoms. The Labute approximate surface area is 162 Å². The predicted molar refractivity (Wildman–Crippen MR) is 93.8 cm³/mol. The number of hydrogen-bond acceptors (Lipinski definition) is 5. The lowest BCUT2D eigenvalue weighted by atomic mass is 10.00. The molecule has 3 rings (SSSR count). The summed E-state index contributed by atoms with van der Waals surface area (Å²) < 4.78 is 43.7. The van der Waals surface area contributed by atoms with Crippen molar-refractivity contribution < 1.29 is 37.1 Å². The fraction of sp³-hybridized carbons (Fsp3) is 0.100. The fourth-order valence-corrected chi connectivity index (χ4v) is 2.83. The van der Waals surface area contributed by atoms with Crippen LogP contribution >= 0.6 is 0 Å². The summed E-state index contributed by atoms with van der Waals surface area (Å²) in [5.41, 5.74) is -2.95. The van der Waals surface area contributed by atoms with Crippen molar-refractivity contribution in [3.63, 3.8) is 0 Å². The molecule has 0 aliphatic carbocycles. The molecule has 0 saturated heterocycles. The van der Waals surface area contributed by atoms with Crippen LogP contribution in [0.1, 0.15) is 15.9 Å².